The first-order chi connectivity index (χ1) is 15.9. The second-order valence-electron chi connectivity index (χ2n) is 9.20. The summed E-state index contributed by atoms with van der Waals surface area (Å²) in [7, 11) is 0. The fourth-order valence-electron chi connectivity index (χ4n) is 5.18. The molecule has 2 aliphatic rings. The van der Waals surface area contributed by atoms with Crippen LogP contribution in [0.3, 0.4) is 0 Å². The number of benzene rings is 2. The van der Waals surface area contributed by atoms with Crippen LogP contribution in [-0.2, 0) is 16.0 Å². The van der Waals surface area contributed by atoms with Crippen molar-refractivity contribution in [1.29, 1.82) is 0 Å². The molecule has 0 unspecified atom stereocenters. The molecule has 1 aromatic heterocycles. The van der Waals surface area contributed by atoms with Gasteiger partial charge in [0.2, 0.25) is 5.91 Å². The van der Waals surface area contributed by atoms with Gasteiger partial charge in [0.15, 0.2) is 0 Å². The van der Waals surface area contributed by atoms with E-state index >= 15 is 0 Å². The third-order valence-electron chi connectivity index (χ3n) is 7.16. The first kappa shape index (κ1) is 21.4. The molecule has 0 bridgehead atoms. The van der Waals surface area contributed by atoms with E-state index in [1.165, 1.54) is 22.3 Å². The Hall–Kier alpha value is -3.41. The number of carboxylic acid groups (broad SMARTS) is 1. The summed E-state index contributed by atoms with van der Waals surface area (Å²) in [4.78, 5) is 29.4. The van der Waals surface area contributed by atoms with Gasteiger partial charge in [-0.1, -0.05) is 24.3 Å². The summed E-state index contributed by atoms with van der Waals surface area (Å²) in [5.74, 6) is -0.0702. The van der Waals surface area contributed by atoms with Crippen molar-refractivity contribution in [1.82, 2.24) is 9.88 Å². The molecule has 0 saturated carbocycles. The molecule has 33 heavy (non-hydrogen) atoms. The van der Waals surface area contributed by atoms with E-state index in [0.717, 1.165) is 42.3 Å². The van der Waals surface area contributed by atoms with Crippen molar-refractivity contribution in [2.75, 3.05) is 13.1 Å². The van der Waals surface area contributed by atoms with Crippen molar-refractivity contribution in [2.24, 2.45) is 0 Å². The number of likely N-dealkylation sites (tertiary alicyclic amines) is 1. The van der Waals surface area contributed by atoms with Crippen molar-refractivity contribution in [3.8, 4) is 16.9 Å². The van der Waals surface area contributed by atoms with Gasteiger partial charge >= 0.3 is 5.97 Å². The summed E-state index contributed by atoms with van der Waals surface area (Å²) in [5, 5.41) is 9.96. The van der Waals surface area contributed by atoms with Gasteiger partial charge in [0.25, 0.3) is 0 Å². The van der Waals surface area contributed by atoms with E-state index in [9.17, 15) is 9.59 Å². The maximum absolute atomic E-state index is 12.3. The van der Waals surface area contributed by atoms with Gasteiger partial charge in [-0.05, 0) is 60.2 Å². The van der Waals surface area contributed by atoms with Gasteiger partial charge in [-0.25, -0.2) is 0 Å². The average Bonchev–Trinajstić information content (AvgIpc) is 2.83. The average molecular weight is 445 g/mol. The van der Waals surface area contributed by atoms with E-state index in [1.807, 2.05) is 12.3 Å². The van der Waals surface area contributed by atoms with E-state index in [1.54, 1.807) is 4.90 Å². The van der Waals surface area contributed by atoms with Crippen LogP contribution in [0, 0.1) is 6.92 Å². The maximum Gasteiger partial charge on any atom is 0.303 e. The number of rotatable bonds is 4. The van der Waals surface area contributed by atoms with E-state index in [0.29, 0.717) is 13.1 Å². The lowest BCUT2D eigenvalue weighted by Crippen LogP contribution is -2.51. The Labute approximate surface area is 193 Å². The fraction of sp³-hybridized carbons (Fsp3) is 0.370. The number of hydrogen-bond donors (Lipinski definition) is 1. The number of ether oxygens (including phenoxy) is 1. The third kappa shape index (κ3) is 4.17. The number of carbonyl (C=O) groups is 2. The number of aryl methyl sites for hydroxylation is 2. The molecule has 6 nitrogen and oxygen atoms in total. The summed E-state index contributed by atoms with van der Waals surface area (Å²) in [6.45, 7) is 3.37. The summed E-state index contributed by atoms with van der Waals surface area (Å²) in [6, 6.07) is 14.8. The number of aliphatic carboxylic acids is 1. The van der Waals surface area contributed by atoms with Crippen molar-refractivity contribution in [2.45, 2.75) is 51.0 Å². The number of piperidine rings is 1. The smallest absolute Gasteiger partial charge is 0.303 e. The van der Waals surface area contributed by atoms with Gasteiger partial charge in [-0.15, -0.1) is 0 Å². The van der Waals surface area contributed by atoms with Crippen LogP contribution < -0.4 is 4.74 Å². The van der Waals surface area contributed by atoms with Crippen LogP contribution in [-0.4, -0.2) is 45.6 Å². The zero-order chi connectivity index (χ0) is 23.0. The van der Waals surface area contributed by atoms with Crippen LogP contribution in [0.15, 0.2) is 48.7 Å². The molecule has 1 fully saturated rings. The van der Waals surface area contributed by atoms with Crippen LogP contribution in [0.2, 0.25) is 0 Å². The lowest BCUT2D eigenvalue weighted by atomic mass is 9.82. The molecule has 1 amide bonds. The minimum atomic E-state index is -0.932. The first-order valence-corrected chi connectivity index (χ1v) is 11.6. The number of nitrogens with zero attached hydrogens (tertiary/aromatic N) is 2. The second-order valence-corrected chi connectivity index (χ2v) is 9.20. The number of carbonyl (C=O) groups excluding carboxylic acids is 1. The Morgan fingerprint density at radius 3 is 2.70 bits per heavy atom. The molecule has 1 spiro atoms. The van der Waals surface area contributed by atoms with Crippen LogP contribution in [0.1, 0.15) is 43.2 Å². The molecular weight excluding hydrogens is 416 g/mol. The SMILES string of the molecule is Cc1c(-c2ccc3c(c2)CCC2(CCN(C(=O)CCC(=O)O)CC2)O3)ccc2cccnc12. The van der Waals surface area contributed by atoms with Gasteiger partial charge in [-0.3, -0.25) is 14.6 Å². The van der Waals surface area contributed by atoms with Gasteiger partial charge in [0.1, 0.15) is 11.4 Å². The van der Waals surface area contributed by atoms with E-state index < -0.39 is 5.97 Å². The standard InChI is InChI=1S/C27H28N2O4/c1-18-22(6-4-19-3-2-14-28-26(18)19)20-5-7-23-21(17-20)10-11-27(33-23)12-15-29(16-13-27)24(30)8-9-25(31)32/h2-7,14,17H,8-13,15-16H2,1H3,(H,31,32). The molecule has 1 saturated heterocycles. The Kier molecular flexibility index (Phi) is 5.52. The number of aromatic nitrogens is 1. The number of carboxylic acids is 1. The number of amides is 1. The molecule has 6 heteroatoms. The molecule has 0 atom stereocenters. The zero-order valence-electron chi connectivity index (χ0n) is 18.8. The van der Waals surface area contributed by atoms with Crippen LogP contribution in [0.25, 0.3) is 22.0 Å². The summed E-state index contributed by atoms with van der Waals surface area (Å²) in [6.07, 6.45) is 5.23. The Morgan fingerprint density at radius 1 is 1.09 bits per heavy atom. The monoisotopic (exact) mass is 444 g/mol. The van der Waals surface area contributed by atoms with Crippen molar-refractivity contribution >= 4 is 22.8 Å². The largest absolute Gasteiger partial charge is 0.487 e. The van der Waals surface area contributed by atoms with Gasteiger partial charge < -0.3 is 14.7 Å². The molecule has 3 aromatic rings. The highest BCUT2D eigenvalue weighted by molar-refractivity contribution is 5.88. The number of fused-ring (bicyclic) bond motifs is 2. The normalized spacial score (nSPS) is 16.9. The lowest BCUT2D eigenvalue weighted by Gasteiger charge is -2.44. The van der Waals surface area contributed by atoms with Gasteiger partial charge in [0.05, 0.1) is 11.9 Å². The number of hydrogen-bond acceptors (Lipinski definition) is 4. The van der Waals surface area contributed by atoms with Gasteiger partial charge in [-0.2, -0.15) is 0 Å². The van der Waals surface area contributed by atoms with E-state index in [4.69, 9.17) is 9.84 Å². The summed E-state index contributed by atoms with van der Waals surface area (Å²) in [5.41, 5.74) is 5.57. The van der Waals surface area contributed by atoms with Crippen LogP contribution >= 0.6 is 0 Å². The highest BCUT2D eigenvalue weighted by Crippen LogP contribution is 2.41. The van der Waals surface area contributed by atoms with Crippen molar-refractivity contribution in [3.63, 3.8) is 0 Å². The summed E-state index contributed by atoms with van der Waals surface area (Å²) >= 11 is 0. The zero-order valence-corrected chi connectivity index (χ0v) is 18.8. The topological polar surface area (TPSA) is 79.7 Å². The van der Waals surface area contributed by atoms with E-state index in [2.05, 4.69) is 48.3 Å². The molecule has 5 rings (SSSR count). The molecule has 0 radical (unpaired) electrons. The predicted molar refractivity (Wildman–Crippen MR) is 126 cm³/mol. The van der Waals surface area contributed by atoms with Crippen molar-refractivity contribution in [3.05, 3.63) is 59.8 Å². The minimum absolute atomic E-state index is 0.0680. The Morgan fingerprint density at radius 2 is 1.91 bits per heavy atom. The Balaban J connectivity index is 1.30. The molecule has 3 heterocycles. The van der Waals surface area contributed by atoms with Gasteiger partial charge in [0, 0.05) is 43.9 Å². The van der Waals surface area contributed by atoms with Crippen LogP contribution in [0.4, 0.5) is 0 Å². The van der Waals surface area contributed by atoms with Crippen LogP contribution in [0.5, 0.6) is 5.75 Å². The Bertz CT molecular complexity index is 1230. The maximum atomic E-state index is 12.3. The predicted octanol–water partition coefficient (Wildman–Crippen LogP) is 4.76. The fourth-order valence-corrected chi connectivity index (χ4v) is 5.18. The van der Waals surface area contributed by atoms with E-state index in [-0.39, 0.29) is 24.3 Å². The van der Waals surface area contributed by atoms with Crippen molar-refractivity contribution < 1.29 is 19.4 Å². The molecular formula is C27H28N2O4. The highest BCUT2D eigenvalue weighted by atomic mass is 16.5. The molecule has 2 aromatic carbocycles. The minimum Gasteiger partial charge on any atom is -0.487 e. The molecule has 170 valence electrons. The quantitative estimate of drug-likeness (QED) is 0.628. The molecule has 2 aliphatic heterocycles. The molecule has 1 N–H and O–H groups in total. The highest BCUT2D eigenvalue weighted by Gasteiger charge is 2.40. The lowest BCUT2D eigenvalue weighted by molar-refractivity contribution is -0.142. The molecule has 0 aliphatic carbocycles. The third-order valence-corrected chi connectivity index (χ3v) is 7.16. The first-order valence-electron chi connectivity index (χ1n) is 11.6. The number of pyridine rings is 1. The summed E-state index contributed by atoms with van der Waals surface area (Å²) < 4.78 is 6.53. The second kappa shape index (κ2) is 8.50.